The van der Waals surface area contributed by atoms with E-state index in [0.29, 0.717) is 6.61 Å². The van der Waals surface area contributed by atoms with Gasteiger partial charge in [0.25, 0.3) is 0 Å². The Morgan fingerprint density at radius 2 is 2.00 bits per heavy atom. The summed E-state index contributed by atoms with van der Waals surface area (Å²) in [7, 11) is 0. The molecule has 0 saturated carbocycles. The molecule has 0 rings (SSSR count). The number of aliphatic hydroxyl groups is 1. The van der Waals surface area contributed by atoms with Gasteiger partial charge in [-0.2, -0.15) is 0 Å². The fraction of sp³-hybridized carbons (Fsp3) is 0.909. The summed E-state index contributed by atoms with van der Waals surface area (Å²) < 4.78 is 4.78. The molecule has 0 aromatic rings. The first-order valence-electron chi connectivity index (χ1n) is 5.51. The molecule has 1 N–H and O–H groups in total. The molecule has 0 fully saturated rings. The van der Waals surface area contributed by atoms with E-state index in [1.54, 1.807) is 6.92 Å². The Balaban J connectivity index is 4.01. The van der Waals surface area contributed by atoms with Crippen molar-refractivity contribution in [1.29, 1.82) is 0 Å². The van der Waals surface area contributed by atoms with E-state index >= 15 is 0 Å². The Kier molecular flexibility index (Phi) is 7.48. The number of carbonyl (C=O) groups is 1. The fourth-order valence-electron chi connectivity index (χ4n) is 1.47. The summed E-state index contributed by atoms with van der Waals surface area (Å²) >= 11 is 0. The standard InChI is InChI=1S/C11H22O3/c1-4-7-8-9(5-2)10(12)11(13)14-6-3/h9-10,12H,4-8H2,1-3H3. The van der Waals surface area contributed by atoms with Crippen LogP contribution in [0.5, 0.6) is 0 Å². The normalized spacial score (nSPS) is 14.9. The lowest BCUT2D eigenvalue weighted by Crippen LogP contribution is -2.31. The molecular weight excluding hydrogens is 180 g/mol. The maximum atomic E-state index is 11.2. The van der Waals surface area contributed by atoms with Gasteiger partial charge in [0.05, 0.1) is 6.61 Å². The number of ether oxygens (including phenoxy) is 1. The van der Waals surface area contributed by atoms with Gasteiger partial charge in [-0.05, 0) is 19.3 Å². The molecule has 0 aliphatic heterocycles. The van der Waals surface area contributed by atoms with E-state index in [0.717, 1.165) is 25.7 Å². The van der Waals surface area contributed by atoms with Crippen molar-refractivity contribution in [1.82, 2.24) is 0 Å². The van der Waals surface area contributed by atoms with Crippen LogP contribution in [-0.4, -0.2) is 23.8 Å². The Morgan fingerprint density at radius 3 is 2.43 bits per heavy atom. The lowest BCUT2D eigenvalue weighted by molar-refractivity contribution is -0.156. The van der Waals surface area contributed by atoms with Crippen molar-refractivity contribution in [3.8, 4) is 0 Å². The quantitative estimate of drug-likeness (QED) is 0.643. The highest BCUT2D eigenvalue weighted by molar-refractivity contribution is 5.74. The van der Waals surface area contributed by atoms with Crippen LogP contribution in [0.2, 0.25) is 0 Å². The van der Waals surface area contributed by atoms with E-state index in [1.165, 1.54) is 0 Å². The number of aliphatic hydroxyl groups excluding tert-OH is 1. The van der Waals surface area contributed by atoms with Gasteiger partial charge in [-0.25, -0.2) is 4.79 Å². The third-order valence-corrected chi connectivity index (χ3v) is 2.43. The van der Waals surface area contributed by atoms with Crippen molar-refractivity contribution in [3.05, 3.63) is 0 Å². The van der Waals surface area contributed by atoms with Crippen molar-refractivity contribution >= 4 is 5.97 Å². The molecule has 0 spiro atoms. The number of esters is 1. The van der Waals surface area contributed by atoms with Gasteiger partial charge in [0.15, 0.2) is 6.10 Å². The van der Waals surface area contributed by atoms with E-state index in [2.05, 4.69) is 6.92 Å². The van der Waals surface area contributed by atoms with Crippen molar-refractivity contribution in [2.75, 3.05) is 6.61 Å². The maximum Gasteiger partial charge on any atom is 0.335 e. The molecule has 2 atom stereocenters. The zero-order valence-electron chi connectivity index (χ0n) is 9.45. The molecule has 0 amide bonds. The number of unbranched alkanes of at least 4 members (excludes halogenated alkanes) is 1. The van der Waals surface area contributed by atoms with Crippen LogP contribution in [-0.2, 0) is 9.53 Å². The first kappa shape index (κ1) is 13.4. The summed E-state index contributed by atoms with van der Waals surface area (Å²) in [6.45, 7) is 6.17. The van der Waals surface area contributed by atoms with Crippen LogP contribution < -0.4 is 0 Å². The minimum atomic E-state index is -0.938. The van der Waals surface area contributed by atoms with Crippen LogP contribution in [0.1, 0.15) is 46.5 Å². The molecule has 0 aromatic carbocycles. The van der Waals surface area contributed by atoms with E-state index < -0.39 is 12.1 Å². The SMILES string of the molecule is CCCCC(CC)C(O)C(=O)OCC. The average Bonchev–Trinajstić information content (AvgIpc) is 2.19. The van der Waals surface area contributed by atoms with Crippen molar-refractivity contribution < 1.29 is 14.6 Å². The molecule has 0 saturated heterocycles. The van der Waals surface area contributed by atoms with Gasteiger partial charge in [0.1, 0.15) is 0 Å². The van der Waals surface area contributed by atoms with E-state index in [4.69, 9.17) is 4.74 Å². The molecule has 3 nitrogen and oxygen atoms in total. The van der Waals surface area contributed by atoms with Crippen LogP contribution in [0, 0.1) is 5.92 Å². The van der Waals surface area contributed by atoms with Crippen LogP contribution in [0.4, 0.5) is 0 Å². The molecule has 0 aromatic heterocycles. The lowest BCUT2D eigenvalue weighted by atomic mass is 9.93. The summed E-state index contributed by atoms with van der Waals surface area (Å²) in [6, 6.07) is 0. The first-order valence-corrected chi connectivity index (χ1v) is 5.51. The number of rotatable bonds is 7. The summed E-state index contributed by atoms with van der Waals surface area (Å²) in [4.78, 5) is 11.2. The van der Waals surface area contributed by atoms with Crippen LogP contribution in [0.15, 0.2) is 0 Å². The zero-order valence-corrected chi connectivity index (χ0v) is 9.45. The number of hydrogen-bond donors (Lipinski definition) is 1. The predicted molar refractivity (Wildman–Crippen MR) is 55.9 cm³/mol. The van der Waals surface area contributed by atoms with E-state index in [-0.39, 0.29) is 5.92 Å². The Bertz CT molecular complexity index is 157. The number of carbonyl (C=O) groups excluding carboxylic acids is 1. The minimum Gasteiger partial charge on any atom is -0.464 e. The monoisotopic (exact) mass is 202 g/mol. The third-order valence-electron chi connectivity index (χ3n) is 2.43. The van der Waals surface area contributed by atoms with Crippen LogP contribution >= 0.6 is 0 Å². The third kappa shape index (κ3) is 4.61. The smallest absolute Gasteiger partial charge is 0.335 e. The molecule has 2 unspecified atom stereocenters. The molecule has 3 heteroatoms. The Morgan fingerprint density at radius 1 is 1.36 bits per heavy atom. The van der Waals surface area contributed by atoms with Gasteiger partial charge in [0, 0.05) is 0 Å². The van der Waals surface area contributed by atoms with Crippen molar-refractivity contribution in [2.45, 2.75) is 52.6 Å². The molecule has 0 heterocycles. The second-order valence-corrected chi connectivity index (χ2v) is 3.51. The highest BCUT2D eigenvalue weighted by Crippen LogP contribution is 2.17. The Hall–Kier alpha value is -0.570. The van der Waals surface area contributed by atoms with E-state index in [1.807, 2.05) is 6.92 Å². The van der Waals surface area contributed by atoms with Gasteiger partial charge >= 0.3 is 5.97 Å². The lowest BCUT2D eigenvalue weighted by Gasteiger charge is -2.19. The van der Waals surface area contributed by atoms with Crippen molar-refractivity contribution in [3.63, 3.8) is 0 Å². The molecule has 14 heavy (non-hydrogen) atoms. The number of hydrogen-bond acceptors (Lipinski definition) is 3. The molecular formula is C11H22O3. The molecule has 0 aliphatic rings. The van der Waals surface area contributed by atoms with Gasteiger partial charge < -0.3 is 9.84 Å². The largest absolute Gasteiger partial charge is 0.464 e. The van der Waals surface area contributed by atoms with Gasteiger partial charge in [-0.1, -0.05) is 33.1 Å². The second-order valence-electron chi connectivity index (χ2n) is 3.51. The Labute approximate surface area is 86.5 Å². The van der Waals surface area contributed by atoms with E-state index in [9.17, 15) is 9.90 Å². The molecule has 0 bridgehead atoms. The minimum absolute atomic E-state index is 0.0500. The topological polar surface area (TPSA) is 46.5 Å². The first-order chi connectivity index (χ1) is 6.67. The molecule has 0 radical (unpaired) electrons. The highest BCUT2D eigenvalue weighted by atomic mass is 16.5. The highest BCUT2D eigenvalue weighted by Gasteiger charge is 2.25. The molecule has 84 valence electrons. The zero-order chi connectivity index (χ0) is 11.0. The van der Waals surface area contributed by atoms with Crippen molar-refractivity contribution in [2.24, 2.45) is 5.92 Å². The fourth-order valence-corrected chi connectivity index (χ4v) is 1.47. The predicted octanol–water partition coefficient (Wildman–Crippen LogP) is 2.13. The summed E-state index contributed by atoms with van der Waals surface area (Å²) in [5.74, 6) is -0.426. The summed E-state index contributed by atoms with van der Waals surface area (Å²) in [5, 5.41) is 9.66. The van der Waals surface area contributed by atoms with Crippen LogP contribution in [0.25, 0.3) is 0 Å². The molecule has 0 aliphatic carbocycles. The van der Waals surface area contributed by atoms with Gasteiger partial charge in [-0.3, -0.25) is 0 Å². The summed E-state index contributed by atoms with van der Waals surface area (Å²) in [6.07, 6.45) is 2.92. The second kappa shape index (κ2) is 7.80. The maximum absolute atomic E-state index is 11.2. The van der Waals surface area contributed by atoms with Crippen LogP contribution in [0.3, 0.4) is 0 Å². The summed E-state index contributed by atoms with van der Waals surface area (Å²) in [5.41, 5.74) is 0. The average molecular weight is 202 g/mol. The van der Waals surface area contributed by atoms with Gasteiger partial charge in [0.2, 0.25) is 0 Å². The van der Waals surface area contributed by atoms with Gasteiger partial charge in [-0.15, -0.1) is 0 Å².